The molecule has 1 fully saturated rings. The predicted molar refractivity (Wildman–Crippen MR) is 61.9 cm³/mol. The SMILES string of the molecule is C=C1OC(=O)CCC1S(=O)(=O)c1ccccc1. The van der Waals surface area contributed by atoms with Crippen LogP contribution in [-0.2, 0) is 19.4 Å². The van der Waals surface area contributed by atoms with Crippen molar-refractivity contribution in [3.63, 3.8) is 0 Å². The molecular weight excluding hydrogens is 240 g/mol. The van der Waals surface area contributed by atoms with Crippen LogP contribution in [0.4, 0.5) is 0 Å². The van der Waals surface area contributed by atoms with Crippen molar-refractivity contribution in [3.05, 3.63) is 42.7 Å². The third-order valence-corrected chi connectivity index (χ3v) is 4.84. The van der Waals surface area contributed by atoms with E-state index in [2.05, 4.69) is 6.58 Å². The van der Waals surface area contributed by atoms with E-state index >= 15 is 0 Å². The number of carbonyl (C=O) groups is 1. The average molecular weight is 252 g/mol. The summed E-state index contributed by atoms with van der Waals surface area (Å²) in [5, 5.41) is -0.831. The molecule has 0 aromatic heterocycles. The van der Waals surface area contributed by atoms with Gasteiger partial charge in [-0.05, 0) is 18.6 Å². The highest BCUT2D eigenvalue weighted by molar-refractivity contribution is 7.92. The standard InChI is InChI=1S/C12H12O4S/c1-9-11(7-8-12(13)16-9)17(14,15)10-5-3-2-4-6-10/h2-6,11H,1,7-8H2. The second kappa shape index (κ2) is 4.33. The number of ether oxygens (including phenoxy) is 1. The van der Waals surface area contributed by atoms with Gasteiger partial charge in [-0.3, -0.25) is 4.79 Å². The maximum absolute atomic E-state index is 12.3. The van der Waals surface area contributed by atoms with Gasteiger partial charge in [0, 0.05) is 6.42 Å². The summed E-state index contributed by atoms with van der Waals surface area (Å²) >= 11 is 0. The molecule has 4 nitrogen and oxygen atoms in total. The van der Waals surface area contributed by atoms with E-state index < -0.39 is 21.1 Å². The first-order valence-corrected chi connectivity index (χ1v) is 6.75. The van der Waals surface area contributed by atoms with Crippen molar-refractivity contribution in [3.8, 4) is 0 Å². The Morgan fingerprint density at radius 2 is 1.88 bits per heavy atom. The average Bonchev–Trinajstić information content (AvgIpc) is 2.29. The Bertz CT molecular complexity index is 545. The highest BCUT2D eigenvalue weighted by atomic mass is 32.2. The van der Waals surface area contributed by atoms with E-state index in [0.717, 1.165) is 0 Å². The molecule has 0 amide bonds. The lowest BCUT2D eigenvalue weighted by molar-refractivity contribution is -0.141. The zero-order valence-electron chi connectivity index (χ0n) is 9.13. The van der Waals surface area contributed by atoms with E-state index in [1.54, 1.807) is 18.2 Å². The molecule has 2 rings (SSSR count). The van der Waals surface area contributed by atoms with Gasteiger partial charge in [0.2, 0.25) is 0 Å². The Labute approximate surface area is 99.8 Å². The van der Waals surface area contributed by atoms with Crippen LogP contribution in [0.3, 0.4) is 0 Å². The van der Waals surface area contributed by atoms with Gasteiger partial charge >= 0.3 is 5.97 Å². The maximum Gasteiger partial charge on any atom is 0.310 e. The molecule has 1 aromatic rings. The minimum absolute atomic E-state index is 0.0186. The lowest BCUT2D eigenvalue weighted by atomic mass is 10.2. The van der Waals surface area contributed by atoms with Crippen LogP contribution >= 0.6 is 0 Å². The fourth-order valence-corrected chi connectivity index (χ4v) is 3.46. The van der Waals surface area contributed by atoms with Crippen LogP contribution in [0.1, 0.15) is 12.8 Å². The summed E-state index contributed by atoms with van der Waals surface area (Å²) in [6, 6.07) is 8.11. The van der Waals surface area contributed by atoms with E-state index in [-0.39, 0.29) is 23.5 Å². The third kappa shape index (κ3) is 2.24. The molecule has 0 aliphatic carbocycles. The summed E-state index contributed by atoms with van der Waals surface area (Å²) in [5.74, 6) is -0.403. The molecule has 17 heavy (non-hydrogen) atoms. The molecule has 1 saturated heterocycles. The minimum Gasteiger partial charge on any atom is -0.430 e. The molecule has 1 atom stereocenters. The topological polar surface area (TPSA) is 60.4 Å². The Kier molecular flexibility index (Phi) is 3.02. The van der Waals surface area contributed by atoms with Crippen LogP contribution < -0.4 is 0 Å². The molecule has 5 heteroatoms. The predicted octanol–water partition coefficient (Wildman–Crippen LogP) is 1.68. The quantitative estimate of drug-likeness (QED) is 0.751. The lowest BCUT2D eigenvalue weighted by Gasteiger charge is -2.23. The summed E-state index contributed by atoms with van der Waals surface area (Å²) in [5.41, 5.74) is 0. The first-order chi connectivity index (χ1) is 8.01. The summed E-state index contributed by atoms with van der Waals surface area (Å²) < 4.78 is 29.3. The second-order valence-electron chi connectivity index (χ2n) is 3.83. The van der Waals surface area contributed by atoms with Crippen molar-refractivity contribution in [2.75, 3.05) is 0 Å². The fourth-order valence-electron chi connectivity index (χ4n) is 1.78. The molecular formula is C12H12O4S. The maximum atomic E-state index is 12.3. The normalized spacial score (nSPS) is 21.1. The third-order valence-electron chi connectivity index (χ3n) is 2.66. The van der Waals surface area contributed by atoms with Crippen molar-refractivity contribution in [2.24, 2.45) is 0 Å². The van der Waals surface area contributed by atoms with Crippen LogP contribution in [0.5, 0.6) is 0 Å². The van der Waals surface area contributed by atoms with Gasteiger partial charge < -0.3 is 4.74 Å². The molecule has 0 N–H and O–H groups in total. The fraction of sp³-hybridized carbons (Fsp3) is 0.250. The van der Waals surface area contributed by atoms with Crippen LogP contribution in [0.25, 0.3) is 0 Å². The van der Waals surface area contributed by atoms with Crippen LogP contribution in [0.15, 0.2) is 47.6 Å². The van der Waals surface area contributed by atoms with Gasteiger partial charge in [-0.1, -0.05) is 24.8 Å². The van der Waals surface area contributed by atoms with Gasteiger partial charge in [0.1, 0.15) is 11.0 Å². The number of hydrogen-bond donors (Lipinski definition) is 0. The first kappa shape index (κ1) is 11.9. The monoisotopic (exact) mass is 252 g/mol. The Morgan fingerprint density at radius 1 is 1.24 bits per heavy atom. The molecule has 0 radical (unpaired) electrons. The molecule has 1 aliphatic rings. The Morgan fingerprint density at radius 3 is 2.47 bits per heavy atom. The van der Waals surface area contributed by atoms with Crippen molar-refractivity contribution < 1.29 is 17.9 Å². The van der Waals surface area contributed by atoms with E-state index in [9.17, 15) is 13.2 Å². The highest BCUT2D eigenvalue weighted by Gasteiger charge is 2.35. The summed E-state index contributed by atoms with van der Waals surface area (Å²) in [6.07, 6.45) is 0.338. The van der Waals surface area contributed by atoms with Crippen molar-refractivity contribution >= 4 is 15.8 Å². The van der Waals surface area contributed by atoms with Gasteiger partial charge in [-0.25, -0.2) is 8.42 Å². The number of esters is 1. The zero-order chi connectivity index (χ0) is 12.5. The van der Waals surface area contributed by atoms with Gasteiger partial charge in [0.15, 0.2) is 9.84 Å². The zero-order valence-corrected chi connectivity index (χ0v) is 9.94. The van der Waals surface area contributed by atoms with Crippen molar-refractivity contribution in [1.82, 2.24) is 0 Å². The Balaban J connectivity index is 2.34. The minimum atomic E-state index is -3.51. The van der Waals surface area contributed by atoms with Crippen LogP contribution in [0.2, 0.25) is 0 Å². The van der Waals surface area contributed by atoms with Crippen molar-refractivity contribution in [1.29, 1.82) is 0 Å². The summed E-state index contributed by atoms with van der Waals surface area (Å²) in [7, 11) is -3.51. The largest absolute Gasteiger partial charge is 0.430 e. The number of sulfone groups is 1. The number of cyclic esters (lactones) is 1. The van der Waals surface area contributed by atoms with Gasteiger partial charge in [0.25, 0.3) is 0 Å². The summed E-state index contributed by atoms with van der Waals surface area (Å²) in [6.45, 7) is 3.52. The molecule has 0 bridgehead atoms. The van der Waals surface area contributed by atoms with Gasteiger partial charge in [0.05, 0.1) is 4.90 Å². The number of benzene rings is 1. The Hall–Kier alpha value is -1.62. The molecule has 0 spiro atoms. The van der Waals surface area contributed by atoms with E-state index in [4.69, 9.17) is 4.74 Å². The lowest BCUT2D eigenvalue weighted by Crippen LogP contribution is -2.30. The number of carbonyl (C=O) groups excluding carboxylic acids is 1. The molecule has 0 saturated carbocycles. The molecule has 90 valence electrons. The molecule has 1 unspecified atom stereocenters. The number of hydrogen-bond acceptors (Lipinski definition) is 4. The van der Waals surface area contributed by atoms with Gasteiger partial charge in [-0.15, -0.1) is 0 Å². The molecule has 1 aromatic carbocycles. The molecule has 1 aliphatic heterocycles. The van der Waals surface area contributed by atoms with Crippen molar-refractivity contribution in [2.45, 2.75) is 23.0 Å². The second-order valence-corrected chi connectivity index (χ2v) is 5.96. The smallest absolute Gasteiger partial charge is 0.310 e. The van der Waals surface area contributed by atoms with Crippen LogP contribution in [-0.4, -0.2) is 19.6 Å². The number of rotatable bonds is 2. The molecule has 1 heterocycles. The van der Waals surface area contributed by atoms with Crippen LogP contribution in [0, 0.1) is 0 Å². The van der Waals surface area contributed by atoms with Gasteiger partial charge in [-0.2, -0.15) is 0 Å². The van der Waals surface area contributed by atoms with E-state index in [1.807, 2.05) is 0 Å². The highest BCUT2D eigenvalue weighted by Crippen LogP contribution is 2.28. The van der Waals surface area contributed by atoms with E-state index in [1.165, 1.54) is 12.1 Å². The van der Waals surface area contributed by atoms with E-state index in [0.29, 0.717) is 0 Å². The summed E-state index contributed by atoms with van der Waals surface area (Å²) in [4.78, 5) is 11.2. The first-order valence-electron chi connectivity index (χ1n) is 5.20.